The van der Waals surface area contributed by atoms with Gasteiger partial charge in [-0.1, -0.05) is 46.0 Å². The van der Waals surface area contributed by atoms with E-state index in [0.29, 0.717) is 12.8 Å². The van der Waals surface area contributed by atoms with Crippen molar-refractivity contribution in [1.29, 1.82) is 0 Å². The van der Waals surface area contributed by atoms with Crippen LogP contribution in [0.5, 0.6) is 0 Å². The minimum atomic E-state index is -0.696. The van der Waals surface area contributed by atoms with Crippen molar-refractivity contribution < 1.29 is 9.90 Å². The molecule has 0 aliphatic heterocycles. The van der Waals surface area contributed by atoms with Gasteiger partial charge in [-0.25, -0.2) is 0 Å². The van der Waals surface area contributed by atoms with Crippen molar-refractivity contribution in [2.45, 2.75) is 71.3 Å². The zero-order chi connectivity index (χ0) is 10.8. The summed E-state index contributed by atoms with van der Waals surface area (Å²) in [4.78, 5) is 11.4. The van der Waals surface area contributed by atoms with E-state index in [9.17, 15) is 9.90 Å². The molecule has 0 aromatic heterocycles. The zero-order valence-corrected chi connectivity index (χ0v) is 10.6. The smallest absolute Gasteiger partial charge is 0.161 e. The first-order chi connectivity index (χ1) is 6.72. The van der Waals surface area contributed by atoms with Crippen LogP contribution in [0.1, 0.15) is 65.2 Å². The summed E-state index contributed by atoms with van der Waals surface area (Å²) in [7, 11) is 0. The summed E-state index contributed by atoms with van der Waals surface area (Å²) < 4.78 is 0. The molecule has 0 fully saturated rings. The summed E-state index contributed by atoms with van der Waals surface area (Å²) in [6, 6.07) is 0. The predicted octanol–water partition coefficient (Wildman–Crippen LogP) is 3.24. The van der Waals surface area contributed by atoms with E-state index < -0.39 is 6.10 Å². The number of carbonyl (C=O) groups excluding carboxylic acids is 1. The van der Waals surface area contributed by atoms with Gasteiger partial charge in [0.25, 0.3) is 0 Å². The minimum Gasteiger partial charge on any atom is -0.385 e. The van der Waals surface area contributed by atoms with Crippen molar-refractivity contribution in [2.24, 2.45) is 0 Å². The van der Waals surface area contributed by atoms with Crippen molar-refractivity contribution in [3.05, 3.63) is 14.9 Å². The second-order valence-corrected chi connectivity index (χ2v) is 3.93. The Morgan fingerprint density at radius 3 is 2.00 bits per heavy atom. The molecule has 0 rings (SSSR count). The monoisotopic (exact) mass is 224 g/mol. The van der Waals surface area contributed by atoms with Gasteiger partial charge in [0.05, 0.1) is 0 Å². The maximum Gasteiger partial charge on any atom is 0.161 e. The van der Waals surface area contributed by atoms with E-state index in [1.807, 2.05) is 0 Å². The van der Waals surface area contributed by atoms with Crippen LogP contribution in [-0.2, 0) is 4.79 Å². The number of ketones is 1. The fourth-order valence-corrected chi connectivity index (χ4v) is 1.46. The first-order valence-electron chi connectivity index (χ1n) is 5.93. The number of Topliss-reactive ketones (excluding diaryl/α,β-unsaturated/α-hetero) is 1. The third kappa shape index (κ3) is 11.7. The molecule has 0 aliphatic rings. The van der Waals surface area contributed by atoms with Crippen LogP contribution < -0.4 is 0 Å². The number of hydrogen-bond acceptors (Lipinski definition) is 2. The Morgan fingerprint density at radius 2 is 1.50 bits per heavy atom. The van der Waals surface area contributed by atoms with Gasteiger partial charge in [-0.05, 0) is 12.8 Å². The molecule has 0 bridgehead atoms. The molecule has 0 aromatic rings. The average molecular weight is 224 g/mol. The highest BCUT2D eigenvalue weighted by molar-refractivity contribution is 5.82. The van der Waals surface area contributed by atoms with Gasteiger partial charge >= 0.3 is 0 Å². The Hall–Kier alpha value is -0.370. The van der Waals surface area contributed by atoms with Crippen LogP contribution in [0, 0.1) is 14.9 Å². The van der Waals surface area contributed by atoms with E-state index in [-0.39, 0.29) is 20.6 Å². The van der Waals surface area contributed by atoms with Crippen molar-refractivity contribution in [3.63, 3.8) is 0 Å². The lowest BCUT2D eigenvalue weighted by Gasteiger charge is -2.08. The normalized spacial score (nSPS) is 11.2. The van der Waals surface area contributed by atoms with Crippen LogP contribution >= 0.6 is 0 Å². The first kappa shape index (κ1) is 21.0. The highest BCUT2D eigenvalue weighted by atomic mass is 16.3. The Kier molecular flexibility index (Phi) is 19.2. The highest BCUT2D eigenvalue weighted by Gasteiger charge is 2.13. The van der Waals surface area contributed by atoms with Crippen LogP contribution in [0.2, 0.25) is 0 Å². The van der Waals surface area contributed by atoms with E-state index in [0.717, 1.165) is 38.5 Å². The van der Waals surface area contributed by atoms with Crippen LogP contribution in [0.3, 0.4) is 0 Å². The molecule has 0 heterocycles. The van der Waals surface area contributed by atoms with Crippen LogP contribution in [0.4, 0.5) is 0 Å². The predicted molar refractivity (Wildman–Crippen MR) is 65.8 cm³/mol. The number of aliphatic hydroxyl groups excluding tert-OH is 1. The molecule has 0 saturated heterocycles. The topological polar surface area (TPSA) is 37.3 Å². The molecule has 2 heteroatoms. The van der Waals surface area contributed by atoms with Gasteiger partial charge in [0.15, 0.2) is 5.78 Å². The minimum absolute atomic E-state index is 0. The molecule has 1 unspecified atom stereocenters. The van der Waals surface area contributed by atoms with Gasteiger partial charge in [-0.3, -0.25) is 4.79 Å². The van der Waals surface area contributed by atoms with E-state index >= 15 is 0 Å². The number of aliphatic hydroxyl groups is 1. The number of carbonyl (C=O) groups is 1. The summed E-state index contributed by atoms with van der Waals surface area (Å²) in [5.74, 6) is 0.0366. The molecule has 16 heavy (non-hydrogen) atoms. The lowest BCUT2D eigenvalue weighted by atomic mass is 10.0. The molecule has 2 nitrogen and oxygen atoms in total. The molecule has 0 aromatic carbocycles. The lowest BCUT2D eigenvalue weighted by Crippen LogP contribution is -2.19. The van der Waals surface area contributed by atoms with E-state index in [1.54, 1.807) is 0 Å². The molecule has 0 spiro atoms. The average Bonchev–Trinajstić information content (AvgIpc) is 2.18. The van der Waals surface area contributed by atoms with Gasteiger partial charge in [-0.2, -0.15) is 0 Å². The zero-order valence-electron chi connectivity index (χ0n) is 10.6. The number of hydrogen-bond donors (Lipinski definition) is 1. The van der Waals surface area contributed by atoms with Crippen molar-refractivity contribution in [3.8, 4) is 0 Å². The standard InChI is InChI=1S/C12H24O2.2C/c1-3-5-7-9-11(13)12(14)10-8-6-4-2;;/h11,13H,3-10H2,1-2H3;;. The summed E-state index contributed by atoms with van der Waals surface area (Å²) >= 11 is 0. The molecule has 0 saturated carbocycles. The van der Waals surface area contributed by atoms with E-state index in [1.165, 1.54) is 0 Å². The van der Waals surface area contributed by atoms with Crippen LogP contribution in [-0.4, -0.2) is 17.0 Å². The Morgan fingerprint density at radius 1 is 1.00 bits per heavy atom. The Labute approximate surface area is 102 Å². The summed E-state index contributed by atoms with van der Waals surface area (Å²) in [5, 5.41) is 9.49. The van der Waals surface area contributed by atoms with E-state index in [2.05, 4.69) is 13.8 Å². The van der Waals surface area contributed by atoms with Gasteiger partial charge in [-0.15, -0.1) is 0 Å². The van der Waals surface area contributed by atoms with Gasteiger partial charge < -0.3 is 5.11 Å². The fourth-order valence-electron chi connectivity index (χ4n) is 1.46. The molecule has 0 amide bonds. The molecule has 8 radical (unpaired) electrons. The number of unbranched alkanes of at least 4 members (excludes halogenated alkanes) is 4. The largest absolute Gasteiger partial charge is 0.385 e. The molecule has 1 N–H and O–H groups in total. The highest BCUT2D eigenvalue weighted by Crippen LogP contribution is 2.08. The van der Waals surface area contributed by atoms with Gasteiger partial charge in [0.1, 0.15) is 6.10 Å². The molecule has 0 aliphatic carbocycles. The van der Waals surface area contributed by atoms with Gasteiger partial charge in [0, 0.05) is 21.3 Å². The quantitative estimate of drug-likeness (QED) is 0.610. The summed E-state index contributed by atoms with van der Waals surface area (Å²) in [5.41, 5.74) is 0. The van der Waals surface area contributed by atoms with Crippen molar-refractivity contribution >= 4 is 5.78 Å². The fraction of sp³-hybridized carbons (Fsp3) is 0.786. The molecule has 92 valence electrons. The second-order valence-electron chi connectivity index (χ2n) is 3.93. The maximum atomic E-state index is 11.4. The van der Waals surface area contributed by atoms with E-state index in [4.69, 9.17) is 0 Å². The summed E-state index contributed by atoms with van der Waals surface area (Å²) in [6.45, 7) is 4.23. The third-order valence-electron chi connectivity index (χ3n) is 2.48. The first-order valence-corrected chi connectivity index (χ1v) is 5.93. The number of rotatable bonds is 9. The Balaban J connectivity index is -0.000000845. The third-order valence-corrected chi connectivity index (χ3v) is 2.48. The lowest BCUT2D eigenvalue weighted by molar-refractivity contribution is -0.127. The Bertz CT molecular complexity index is 144. The SMILES string of the molecule is CCCCCC(=O)C(O)CCCCC.[C].[C]. The van der Waals surface area contributed by atoms with Gasteiger partial charge in [0.2, 0.25) is 0 Å². The summed E-state index contributed by atoms with van der Waals surface area (Å²) in [6.07, 6.45) is 6.87. The molecule has 1 atom stereocenters. The van der Waals surface area contributed by atoms with Crippen LogP contribution in [0.15, 0.2) is 0 Å². The maximum absolute atomic E-state index is 11.4. The molecular formula is C14H24O2. The van der Waals surface area contributed by atoms with Crippen molar-refractivity contribution in [2.75, 3.05) is 0 Å². The van der Waals surface area contributed by atoms with Crippen molar-refractivity contribution in [1.82, 2.24) is 0 Å². The van der Waals surface area contributed by atoms with Crippen LogP contribution in [0.25, 0.3) is 0 Å². The molecular weight excluding hydrogens is 200 g/mol. The second kappa shape index (κ2) is 14.6.